The number of rotatable bonds is 1. The van der Waals surface area contributed by atoms with Gasteiger partial charge >= 0.3 is 5.91 Å². The lowest BCUT2D eigenvalue weighted by Crippen LogP contribution is -2.27. The minimum atomic E-state index is -0.383. The first-order valence-corrected chi connectivity index (χ1v) is 5.62. The molecular weight excluding hydrogens is 208 g/mol. The van der Waals surface area contributed by atoms with Gasteiger partial charge in [0.15, 0.2) is 5.71 Å². The Labute approximate surface area is 83.0 Å². The number of hydrogen-bond donors (Lipinski definition) is 1. The van der Waals surface area contributed by atoms with Crippen LogP contribution < -0.4 is 5.73 Å². The predicted molar refractivity (Wildman–Crippen MR) is 56.4 cm³/mol. The third kappa shape index (κ3) is 1.49. The van der Waals surface area contributed by atoms with Crippen LogP contribution in [0.5, 0.6) is 0 Å². The first-order chi connectivity index (χ1) is 6.20. The molecule has 0 aromatic heterocycles. The number of thioether (sulfide) groups is 2. The van der Waals surface area contributed by atoms with E-state index in [1.807, 2.05) is 6.26 Å². The maximum atomic E-state index is 11.2. The molecule has 0 bridgehead atoms. The average Bonchev–Trinajstić information content (AvgIpc) is 2.47. The molecule has 1 unspecified atom stereocenters. The van der Waals surface area contributed by atoms with Crippen LogP contribution in [0.15, 0.2) is 15.0 Å². The molecule has 5 nitrogen and oxygen atoms in total. The van der Waals surface area contributed by atoms with Crippen molar-refractivity contribution in [2.24, 2.45) is 20.7 Å². The fourth-order valence-corrected chi connectivity index (χ4v) is 2.57. The molecule has 0 fully saturated rings. The molecule has 2 heterocycles. The molecule has 1 atom stereocenters. The van der Waals surface area contributed by atoms with Crippen molar-refractivity contribution in [1.29, 1.82) is 0 Å². The summed E-state index contributed by atoms with van der Waals surface area (Å²) in [6.45, 7) is 0. The Morgan fingerprint density at radius 3 is 3.00 bits per heavy atom. The number of aliphatic imine (C=N–C) groups is 3. The molecule has 2 rings (SSSR count). The van der Waals surface area contributed by atoms with E-state index in [2.05, 4.69) is 15.0 Å². The molecule has 0 aromatic rings. The zero-order chi connectivity index (χ0) is 9.42. The third-order valence-corrected chi connectivity index (χ3v) is 3.68. The average molecular weight is 214 g/mol. The van der Waals surface area contributed by atoms with E-state index in [1.165, 1.54) is 11.8 Å². The van der Waals surface area contributed by atoms with E-state index in [-0.39, 0.29) is 16.6 Å². The van der Waals surface area contributed by atoms with Crippen molar-refractivity contribution in [1.82, 2.24) is 0 Å². The van der Waals surface area contributed by atoms with Crippen molar-refractivity contribution in [2.45, 2.75) is 4.71 Å². The molecule has 0 aliphatic carbocycles. The summed E-state index contributed by atoms with van der Waals surface area (Å²) in [7, 11) is 0. The molecular formula is C6H6N4OS2. The van der Waals surface area contributed by atoms with Crippen LogP contribution in [0.4, 0.5) is 0 Å². The quantitative estimate of drug-likeness (QED) is 0.670. The number of fused-ring (bicyclic) bond motifs is 1. The zero-order valence-corrected chi connectivity index (χ0v) is 8.35. The molecule has 1 amide bonds. The fraction of sp³-hybridized carbons (Fsp3) is 0.333. The van der Waals surface area contributed by atoms with Gasteiger partial charge < -0.3 is 5.73 Å². The molecule has 0 spiro atoms. The molecule has 68 valence electrons. The van der Waals surface area contributed by atoms with Crippen LogP contribution in [0, 0.1) is 0 Å². The molecule has 2 aliphatic heterocycles. The molecule has 0 radical (unpaired) electrons. The SMILES string of the molecule is CSC1N=C2C(=O)N=C(N)N=C2S1. The van der Waals surface area contributed by atoms with Crippen LogP contribution in [-0.4, -0.2) is 33.6 Å². The summed E-state index contributed by atoms with van der Waals surface area (Å²) in [5, 5.41) is 0.594. The molecule has 0 aromatic carbocycles. The molecule has 2 N–H and O–H groups in total. The van der Waals surface area contributed by atoms with Gasteiger partial charge in [-0.25, -0.2) is 4.99 Å². The van der Waals surface area contributed by atoms with Crippen LogP contribution in [0.1, 0.15) is 0 Å². The highest BCUT2D eigenvalue weighted by Crippen LogP contribution is 2.31. The summed E-state index contributed by atoms with van der Waals surface area (Å²) in [5.41, 5.74) is 5.68. The highest BCUT2D eigenvalue weighted by molar-refractivity contribution is 8.26. The smallest absolute Gasteiger partial charge is 0.301 e. The van der Waals surface area contributed by atoms with Gasteiger partial charge in [0.1, 0.15) is 9.75 Å². The van der Waals surface area contributed by atoms with Crippen molar-refractivity contribution in [2.75, 3.05) is 6.26 Å². The van der Waals surface area contributed by atoms with Crippen LogP contribution in [-0.2, 0) is 4.79 Å². The second-order valence-corrected chi connectivity index (χ2v) is 4.62. The summed E-state index contributed by atoms with van der Waals surface area (Å²) in [6, 6.07) is 0. The van der Waals surface area contributed by atoms with Crippen molar-refractivity contribution in [3.63, 3.8) is 0 Å². The lowest BCUT2D eigenvalue weighted by Gasteiger charge is -2.03. The summed E-state index contributed by atoms with van der Waals surface area (Å²) >= 11 is 2.98. The third-order valence-electron chi connectivity index (χ3n) is 1.49. The maximum absolute atomic E-state index is 11.2. The van der Waals surface area contributed by atoms with Crippen molar-refractivity contribution < 1.29 is 4.79 Å². The molecule has 0 saturated heterocycles. The van der Waals surface area contributed by atoms with E-state index in [0.717, 1.165) is 0 Å². The van der Waals surface area contributed by atoms with Crippen molar-refractivity contribution in [3.8, 4) is 0 Å². The van der Waals surface area contributed by atoms with Gasteiger partial charge in [0.25, 0.3) is 0 Å². The van der Waals surface area contributed by atoms with E-state index in [0.29, 0.717) is 10.8 Å². The van der Waals surface area contributed by atoms with Gasteiger partial charge in [-0.1, -0.05) is 11.8 Å². The van der Waals surface area contributed by atoms with Crippen LogP contribution in [0.25, 0.3) is 0 Å². The number of carbonyl (C=O) groups is 1. The lowest BCUT2D eigenvalue weighted by atomic mass is 10.3. The van der Waals surface area contributed by atoms with Gasteiger partial charge in [-0.05, 0) is 6.26 Å². The fourth-order valence-electron chi connectivity index (χ4n) is 0.951. The first kappa shape index (κ1) is 8.76. The number of nitrogens with zero attached hydrogens (tertiary/aromatic N) is 3. The van der Waals surface area contributed by atoms with Gasteiger partial charge in [-0.15, -0.1) is 11.8 Å². The Bertz CT molecular complexity index is 360. The summed E-state index contributed by atoms with van der Waals surface area (Å²) in [5.74, 6) is -0.361. The van der Waals surface area contributed by atoms with E-state index in [9.17, 15) is 4.79 Å². The topological polar surface area (TPSA) is 80.2 Å². The summed E-state index contributed by atoms with van der Waals surface area (Å²) in [4.78, 5) is 22.8. The van der Waals surface area contributed by atoms with E-state index in [1.54, 1.807) is 11.8 Å². The van der Waals surface area contributed by atoms with Crippen LogP contribution in [0.2, 0.25) is 0 Å². The van der Waals surface area contributed by atoms with Crippen molar-refractivity contribution in [3.05, 3.63) is 0 Å². The number of carbonyl (C=O) groups excluding carboxylic acids is 1. The van der Waals surface area contributed by atoms with Gasteiger partial charge in [-0.2, -0.15) is 4.99 Å². The highest BCUT2D eigenvalue weighted by atomic mass is 32.2. The highest BCUT2D eigenvalue weighted by Gasteiger charge is 2.32. The Kier molecular flexibility index (Phi) is 2.12. The van der Waals surface area contributed by atoms with Gasteiger partial charge in [-0.3, -0.25) is 9.79 Å². The molecule has 7 heteroatoms. The zero-order valence-electron chi connectivity index (χ0n) is 6.72. The maximum Gasteiger partial charge on any atom is 0.301 e. The van der Waals surface area contributed by atoms with E-state index in [4.69, 9.17) is 5.73 Å². The van der Waals surface area contributed by atoms with Gasteiger partial charge in [0.05, 0.1) is 0 Å². The van der Waals surface area contributed by atoms with E-state index >= 15 is 0 Å². The minimum Gasteiger partial charge on any atom is -0.368 e. The Balaban J connectivity index is 2.36. The monoisotopic (exact) mass is 214 g/mol. The van der Waals surface area contributed by atoms with Gasteiger partial charge in [0.2, 0.25) is 5.96 Å². The summed E-state index contributed by atoms with van der Waals surface area (Å²) < 4.78 is 0.0128. The predicted octanol–water partition coefficient (Wildman–Crippen LogP) is 0.0742. The number of guanidine groups is 1. The summed E-state index contributed by atoms with van der Waals surface area (Å²) in [6.07, 6.45) is 1.92. The number of nitrogens with two attached hydrogens (primary N) is 1. The molecule has 13 heavy (non-hydrogen) atoms. The van der Waals surface area contributed by atoms with Gasteiger partial charge in [0, 0.05) is 0 Å². The second kappa shape index (κ2) is 3.15. The minimum absolute atomic E-state index is 0.0128. The standard InChI is InChI=1S/C6H6N4OS2/c1-12-6-8-2-3(11)9-5(7)10-4(2)13-6/h6H,1H3,(H2,7,9,11). The van der Waals surface area contributed by atoms with Crippen molar-refractivity contribution >= 4 is 46.1 Å². The first-order valence-electron chi connectivity index (χ1n) is 3.45. The normalized spacial score (nSPS) is 26.4. The van der Waals surface area contributed by atoms with Crippen LogP contribution >= 0.6 is 23.5 Å². The molecule has 2 aliphatic rings. The largest absolute Gasteiger partial charge is 0.368 e. The lowest BCUT2D eigenvalue weighted by molar-refractivity contribution is -0.111. The second-order valence-electron chi connectivity index (χ2n) is 2.33. The van der Waals surface area contributed by atoms with Crippen LogP contribution in [0.3, 0.4) is 0 Å². The Morgan fingerprint density at radius 1 is 1.54 bits per heavy atom. The van der Waals surface area contributed by atoms with E-state index < -0.39 is 0 Å². The number of amides is 1. The Hall–Kier alpha value is -0.820. The Morgan fingerprint density at radius 2 is 2.31 bits per heavy atom. The molecule has 0 saturated carbocycles. The number of hydrogen-bond acceptors (Lipinski definition) is 6.